The van der Waals surface area contributed by atoms with Crippen molar-refractivity contribution in [2.24, 2.45) is 5.10 Å². The number of ketones is 1. The maximum Gasteiger partial charge on any atom is 0.313 e. The fourth-order valence-electron chi connectivity index (χ4n) is 2.64. The van der Waals surface area contributed by atoms with Crippen LogP contribution in [0.25, 0.3) is 0 Å². The number of Topliss-reactive ketones (excluding diaryl/α,β-unsaturated/α-hetero) is 1. The standard InChI is InChI=1S/C14H19N3O3S.C6H10O3/c1-4-16(5-2)21(19,20)13-8-6-12(7-9-13)17-14(18)10-11(3)15-17;1-3-9-6(8)4-5(2)7/h6-9H,4-5,10H2,1-3H3;3-4H2,1-2H3. The molecule has 0 atom stereocenters. The summed E-state index contributed by atoms with van der Waals surface area (Å²) in [6.07, 6.45) is 0.202. The van der Waals surface area contributed by atoms with Crippen LogP contribution in [0.3, 0.4) is 0 Å². The van der Waals surface area contributed by atoms with Crippen LogP contribution in [-0.2, 0) is 29.1 Å². The second-order valence-corrected chi connectivity index (χ2v) is 8.42. The molecule has 9 nitrogen and oxygen atoms in total. The quantitative estimate of drug-likeness (QED) is 0.454. The number of esters is 1. The zero-order chi connectivity index (χ0) is 22.9. The highest BCUT2D eigenvalue weighted by Crippen LogP contribution is 2.23. The molecule has 1 aliphatic heterocycles. The van der Waals surface area contributed by atoms with Gasteiger partial charge in [-0.05, 0) is 45.0 Å². The molecule has 0 aromatic heterocycles. The van der Waals surface area contributed by atoms with Crippen molar-refractivity contribution in [2.45, 2.75) is 52.4 Å². The minimum absolute atomic E-state index is 0.103. The molecule has 0 spiro atoms. The molecule has 2 rings (SSSR count). The predicted octanol–water partition coefficient (Wildman–Crippen LogP) is 2.36. The Morgan fingerprint density at radius 3 is 2.10 bits per heavy atom. The lowest BCUT2D eigenvalue weighted by Crippen LogP contribution is -2.30. The molecule has 0 aliphatic carbocycles. The van der Waals surface area contributed by atoms with Gasteiger partial charge < -0.3 is 4.74 Å². The molecule has 0 saturated heterocycles. The summed E-state index contributed by atoms with van der Waals surface area (Å²) >= 11 is 0. The highest BCUT2D eigenvalue weighted by molar-refractivity contribution is 7.89. The molecule has 0 radical (unpaired) electrons. The van der Waals surface area contributed by atoms with Crippen molar-refractivity contribution in [1.29, 1.82) is 0 Å². The molecular weight excluding hydrogens is 410 g/mol. The third-order valence-corrected chi connectivity index (χ3v) is 6.10. The molecule has 1 aromatic carbocycles. The molecule has 10 heteroatoms. The molecule has 1 aromatic rings. The number of anilines is 1. The second-order valence-electron chi connectivity index (χ2n) is 6.48. The van der Waals surface area contributed by atoms with Crippen LogP contribution in [0.1, 0.15) is 47.5 Å². The number of hydrogen-bond acceptors (Lipinski definition) is 7. The van der Waals surface area contributed by atoms with E-state index in [0.717, 1.165) is 5.71 Å². The molecule has 0 fully saturated rings. The first-order valence-corrected chi connectivity index (χ1v) is 11.1. The van der Waals surface area contributed by atoms with Crippen molar-refractivity contribution in [3.8, 4) is 0 Å². The topological polar surface area (TPSA) is 113 Å². The van der Waals surface area contributed by atoms with Gasteiger partial charge in [0.1, 0.15) is 12.2 Å². The summed E-state index contributed by atoms with van der Waals surface area (Å²) in [5, 5.41) is 5.45. The minimum Gasteiger partial charge on any atom is -0.466 e. The van der Waals surface area contributed by atoms with E-state index in [1.807, 2.05) is 0 Å². The number of sulfonamides is 1. The van der Waals surface area contributed by atoms with E-state index in [1.165, 1.54) is 28.4 Å². The van der Waals surface area contributed by atoms with Gasteiger partial charge >= 0.3 is 5.97 Å². The van der Waals surface area contributed by atoms with Gasteiger partial charge in [-0.15, -0.1) is 0 Å². The maximum absolute atomic E-state index is 12.4. The summed E-state index contributed by atoms with van der Waals surface area (Å²) in [5.41, 5.74) is 1.33. The summed E-state index contributed by atoms with van der Waals surface area (Å²) in [7, 11) is -3.47. The van der Waals surface area contributed by atoms with Crippen LogP contribution in [0.2, 0.25) is 0 Å². The first kappa shape index (κ1) is 25.4. The van der Waals surface area contributed by atoms with Gasteiger partial charge in [-0.2, -0.15) is 9.41 Å². The van der Waals surface area contributed by atoms with E-state index in [-0.39, 0.29) is 23.0 Å². The van der Waals surface area contributed by atoms with Crippen molar-refractivity contribution in [2.75, 3.05) is 24.7 Å². The van der Waals surface area contributed by atoms with Crippen molar-refractivity contribution in [3.05, 3.63) is 24.3 Å². The van der Waals surface area contributed by atoms with Crippen molar-refractivity contribution in [3.63, 3.8) is 0 Å². The number of amides is 1. The first-order chi connectivity index (χ1) is 14.1. The third kappa shape index (κ3) is 7.03. The second kappa shape index (κ2) is 11.6. The Morgan fingerprint density at radius 2 is 1.70 bits per heavy atom. The molecule has 0 bridgehead atoms. The van der Waals surface area contributed by atoms with Gasteiger partial charge in [-0.1, -0.05) is 13.8 Å². The SMILES string of the molecule is CCN(CC)S(=O)(=O)c1ccc(N2N=C(C)CC2=O)cc1.CCOC(=O)CC(C)=O. The Hall–Kier alpha value is -2.59. The normalized spacial score (nSPS) is 13.6. The Balaban J connectivity index is 0.000000424. The van der Waals surface area contributed by atoms with Crippen LogP contribution in [-0.4, -0.2) is 55.8 Å². The van der Waals surface area contributed by atoms with Crippen LogP contribution < -0.4 is 5.01 Å². The average molecular weight is 440 g/mol. The van der Waals surface area contributed by atoms with E-state index in [1.54, 1.807) is 39.8 Å². The van der Waals surface area contributed by atoms with Crippen LogP contribution >= 0.6 is 0 Å². The van der Waals surface area contributed by atoms with E-state index in [9.17, 15) is 22.8 Å². The van der Waals surface area contributed by atoms with Crippen molar-refractivity contribution in [1.82, 2.24) is 4.31 Å². The number of hydrogen-bond donors (Lipinski definition) is 0. The van der Waals surface area contributed by atoms with Gasteiger partial charge in [0.05, 0.1) is 23.6 Å². The highest BCUT2D eigenvalue weighted by Gasteiger charge is 2.25. The number of carbonyl (C=O) groups excluding carboxylic acids is 3. The molecule has 1 aliphatic rings. The van der Waals surface area contributed by atoms with Crippen LogP contribution in [0, 0.1) is 0 Å². The number of ether oxygens (including phenoxy) is 1. The summed E-state index contributed by atoms with van der Waals surface area (Å²) in [6.45, 7) is 9.65. The Labute approximate surface area is 177 Å². The maximum atomic E-state index is 12.4. The Kier molecular flexibility index (Phi) is 9.80. The Morgan fingerprint density at radius 1 is 1.13 bits per heavy atom. The van der Waals surface area contributed by atoms with Gasteiger partial charge in [0.2, 0.25) is 10.0 Å². The lowest BCUT2D eigenvalue weighted by atomic mass is 10.3. The minimum atomic E-state index is -3.47. The van der Waals surface area contributed by atoms with E-state index in [4.69, 9.17) is 0 Å². The molecule has 0 unspecified atom stereocenters. The van der Waals surface area contributed by atoms with Crippen molar-refractivity contribution >= 4 is 39.1 Å². The monoisotopic (exact) mass is 439 g/mol. The predicted molar refractivity (Wildman–Crippen MR) is 114 cm³/mol. The molecule has 0 N–H and O–H groups in total. The molecule has 1 heterocycles. The van der Waals surface area contributed by atoms with Gasteiger partial charge in [-0.3, -0.25) is 14.4 Å². The molecule has 0 saturated carbocycles. The first-order valence-electron chi connectivity index (χ1n) is 9.69. The van der Waals surface area contributed by atoms with E-state index in [2.05, 4.69) is 9.84 Å². The summed E-state index contributed by atoms with van der Waals surface area (Å²) in [6, 6.07) is 6.24. The Bertz CT molecular complexity index is 890. The fraction of sp³-hybridized carbons (Fsp3) is 0.500. The zero-order valence-corrected chi connectivity index (χ0v) is 18.9. The van der Waals surface area contributed by atoms with E-state index >= 15 is 0 Å². The molecule has 30 heavy (non-hydrogen) atoms. The lowest BCUT2D eigenvalue weighted by molar-refractivity contribution is -0.145. The zero-order valence-electron chi connectivity index (χ0n) is 18.0. The fourth-order valence-corrected chi connectivity index (χ4v) is 4.10. The molecule has 1 amide bonds. The number of hydrazone groups is 1. The van der Waals surface area contributed by atoms with E-state index < -0.39 is 16.0 Å². The summed E-state index contributed by atoms with van der Waals surface area (Å²) < 4.78 is 30.6. The smallest absolute Gasteiger partial charge is 0.313 e. The van der Waals surface area contributed by atoms with Gasteiger partial charge in [0, 0.05) is 18.8 Å². The number of carbonyl (C=O) groups is 3. The third-order valence-electron chi connectivity index (χ3n) is 4.04. The number of rotatable bonds is 8. The van der Waals surface area contributed by atoms with Crippen LogP contribution in [0.5, 0.6) is 0 Å². The van der Waals surface area contributed by atoms with Crippen LogP contribution in [0.15, 0.2) is 34.3 Å². The number of nitrogens with zero attached hydrogens (tertiary/aromatic N) is 3. The lowest BCUT2D eigenvalue weighted by Gasteiger charge is -2.19. The van der Waals surface area contributed by atoms with Crippen LogP contribution in [0.4, 0.5) is 5.69 Å². The highest BCUT2D eigenvalue weighted by atomic mass is 32.2. The molecule has 166 valence electrons. The van der Waals surface area contributed by atoms with Gasteiger partial charge in [0.15, 0.2) is 0 Å². The van der Waals surface area contributed by atoms with E-state index in [0.29, 0.717) is 31.8 Å². The summed E-state index contributed by atoms with van der Waals surface area (Å²) in [5.74, 6) is -0.703. The van der Waals surface area contributed by atoms with Crippen molar-refractivity contribution < 1.29 is 27.5 Å². The molecular formula is C20H29N3O6S. The van der Waals surface area contributed by atoms with Gasteiger partial charge in [-0.25, -0.2) is 13.4 Å². The summed E-state index contributed by atoms with van der Waals surface area (Å²) in [4.78, 5) is 32.6. The largest absolute Gasteiger partial charge is 0.466 e. The average Bonchev–Trinajstić information content (AvgIpc) is 3.01. The number of benzene rings is 1. The van der Waals surface area contributed by atoms with Gasteiger partial charge in [0.25, 0.3) is 5.91 Å².